The molecule has 43 heavy (non-hydrogen) atoms. The first kappa shape index (κ1) is 30.1. The van der Waals surface area contributed by atoms with Gasteiger partial charge in [0.15, 0.2) is 0 Å². The number of fused-ring (bicyclic) bond motifs is 1. The lowest BCUT2D eigenvalue weighted by molar-refractivity contribution is -0.118. The molecule has 0 radical (unpaired) electrons. The molecule has 0 unspecified atom stereocenters. The summed E-state index contributed by atoms with van der Waals surface area (Å²) in [5, 5.41) is 16.8. The second-order valence-electron chi connectivity index (χ2n) is 11.3. The molecule has 4 N–H and O–H groups in total. The van der Waals surface area contributed by atoms with Gasteiger partial charge in [0.1, 0.15) is 11.9 Å². The van der Waals surface area contributed by atoms with E-state index in [1.807, 2.05) is 80.6 Å². The first-order valence-electron chi connectivity index (χ1n) is 14.5. The van der Waals surface area contributed by atoms with Crippen LogP contribution >= 0.6 is 0 Å². The number of carbonyl (C=O) groups excluding carboxylic acids is 2. The molecule has 10 heteroatoms. The Hall–Kier alpha value is -4.41. The largest absolute Gasteiger partial charge is 0.392 e. The number of aromatic amines is 1. The van der Waals surface area contributed by atoms with Crippen LogP contribution in [0.25, 0.3) is 10.9 Å². The molecule has 4 aromatic rings. The molecule has 3 aromatic carbocycles. The maximum Gasteiger partial charge on any atom is 0.318 e. The van der Waals surface area contributed by atoms with E-state index in [4.69, 9.17) is 0 Å². The van der Waals surface area contributed by atoms with Crippen molar-refractivity contribution in [1.82, 2.24) is 20.1 Å². The number of aliphatic hydroxyl groups is 1. The van der Waals surface area contributed by atoms with Gasteiger partial charge in [-0.2, -0.15) is 0 Å². The zero-order chi connectivity index (χ0) is 30.5. The van der Waals surface area contributed by atoms with E-state index in [1.165, 1.54) is 12.1 Å². The third kappa shape index (κ3) is 6.98. The molecule has 1 aliphatic heterocycles. The molecule has 2 atom stereocenters. The summed E-state index contributed by atoms with van der Waals surface area (Å²) < 4.78 is 13.7. The van der Waals surface area contributed by atoms with E-state index in [2.05, 4.69) is 20.5 Å². The maximum absolute atomic E-state index is 13.8. The second-order valence-corrected chi connectivity index (χ2v) is 11.3. The van der Waals surface area contributed by atoms with Gasteiger partial charge in [0.25, 0.3) is 0 Å². The fourth-order valence-electron chi connectivity index (χ4n) is 5.76. The van der Waals surface area contributed by atoms with E-state index in [1.54, 1.807) is 11.0 Å². The molecule has 1 saturated heterocycles. The number of aliphatic hydroxyl groups excluding tert-OH is 1. The molecule has 0 bridgehead atoms. The van der Waals surface area contributed by atoms with E-state index in [9.17, 15) is 19.1 Å². The molecule has 1 aliphatic rings. The topological polar surface area (TPSA) is 104 Å². The van der Waals surface area contributed by atoms with E-state index in [0.717, 1.165) is 34.3 Å². The number of para-hydroxylation sites is 1. The van der Waals surface area contributed by atoms with Gasteiger partial charge in [-0.25, -0.2) is 9.18 Å². The highest BCUT2D eigenvalue weighted by molar-refractivity contribution is 5.98. The number of piperazine rings is 1. The third-order valence-electron chi connectivity index (χ3n) is 7.99. The SMILES string of the molecule is C[C@@H](c1c[nH]c2ccccc12)[C@@H](NC(=O)N1CCN(c2ccc(F)cc2CO)CC1)C(=O)Nc1cccc(CN(C)C)c1. The van der Waals surface area contributed by atoms with Crippen LogP contribution in [0.1, 0.15) is 29.5 Å². The van der Waals surface area contributed by atoms with Gasteiger partial charge < -0.3 is 35.4 Å². The predicted molar refractivity (Wildman–Crippen MR) is 168 cm³/mol. The molecular formula is C33H39FN6O3. The van der Waals surface area contributed by atoms with Gasteiger partial charge in [-0.1, -0.05) is 37.3 Å². The number of carbonyl (C=O) groups is 2. The molecule has 0 saturated carbocycles. The number of nitrogens with zero attached hydrogens (tertiary/aromatic N) is 3. The number of hydrogen-bond donors (Lipinski definition) is 4. The molecule has 2 heterocycles. The van der Waals surface area contributed by atoms with Crippen molar-refractivity contribution in [3.8, 4) is 0 Å². The number of nitrogens with one attached hydrogen (secondary N) is 3. The van der Waals surface area contributed by atoms with Crippen LogP contribution in [0.3, 0.4) is 0 Å². The van der Waals surface area contributed by atoms with Crippen LogP contribution < -0.4 is 15.5 Å². The lowest BCUT2D eigenvalue weighted by atomic mass is 9.92. The number of anilines is 2. The number of aromatic nitrogens is 1. The fraction of sp³-hybridized carbons (Fsp3) is 0.333. The summed E-state index contributed by atoms with van der Waals surface area (Å²) >= 11 is 0. The number of H-pyrrole nitrogens is 1. The van der Waals surface area contributed by atoms with Gasteiger partial charge in [0, 0.05) is 72.7 Å². The van der Waals surface area contributed by atoms with Gasteiger partial charge in [0.05, 0.1) is 6.61 Å². The number of amides is 3. The number of urea groups is 1. The van der Waals surface area contributed by atoms with Crippen LogP contribution in [-0.4, -0.2) is 78.1 Å². The molecular weight excluding hydrogens is 547 g/mol. The van der Waals surface area contributed by atoms with Gasteiger partial charge >= 0.3 is 6.03 Å². The van der Waals surface area contributed by atoms with Crippen LogP contribution in [0, 0.1) is 5.82 Å². The summed E-state index contributed by atoms with van der Waals surface area (Å²) in [7, 11) is 3.98. The summed E-state index contributed by atoms with van der Waals surface area (Å²) in [6.45, 7) is 4.27. The van der Waals surface area contributed by atoms with Crippen molar-refractivity contribution in [3.05, 3.63) is 95.4 Å². The molecule has 1 fully saturated rings. The molecule has 0 spiro atoms. The summed E-state index contributed by atoms with van der Waals surface area (Å²) in [5.74, 6) is -1.03. The van der Waals surface area contributed by atoms with Crippen molar-refractivity contribution in [2.75, 3.05) is 50.5 Å². The third-order valence-corrected chi connectivity index (χ3v) is 7.99. The number of hydrogen-bond acceptors (Lipinski definition) is 5. The molecule has 9 nitrogen and oxygen atoms in total. The van der Waals surface area contributed by atoms with Crippen LogP contribution in [0.2, 0.25) is 0 Å². The fourth-order valence-corrected chi connectivity index (χ4v) is 5.76. The van der Waals surface area contributed by atoms with Crippen LogP contribution in [0.15, 0.2) is 72.9 Å². The quantitative estimate of drug-likeness (QED) is 0.231. The Morgan fingerprint density at radius 3 is 2.53 bits per heavy atom. The van der Waals surface area contributed by atoms with Gasteiger partial charge in [-0.3, -0.25) is 4.79 Å². The Morgan fingerprint density at radius 2 is 1.79 bits per heavy atom. The summed E-state index contributed by atoms with van der Waals surface area (Å²) in [4.78, 5) is 36.5. The minimum absolute atomic E-state index is 0.269. The molecule has 3 amide bonds. The number of rotatable bonds is 9. The zero-order valence-electron chi connectivity index (χ0n) is 24.8. The van der Waals surface area contributed by atoms with Crippen molar-refractivity contribution in [1.29, 1.82) is 0 Å². The van der Waals surface area contributed by atoms with Crippen molar-refractivity contribution < 1.29 is 19.1 Å². The number of benzene rings is 3. The smallest absolute Gasteiger partial charge is 0.318 e. The van der Waals surface area contributed by atoms with E-state index in [-0.39, 0.29) is 24.5 Å². The van der Waals surface area contributed by atoms with Gasteiger partial charge in [-0.15, -0.1) is 0 Å². The Kier molecular flexibility index (Phi) is 9.27. The summed E-state index contributed by atoms with van der Waals surface area (Å²) in [6, 6.07) is 18.8. The molecule has 226 valence electrons. The average molecular weight is 587 g/mol. The highest BCUT2D eigenvalue weighted by Crippen LogP contribution is 2.29. The Labute approximate surface area is 251 Å². The highest BCUT2D eigenvalue weighted by Gasteiger charge is 2.32. The highest BCUT2D eigenvalue weighted by atomic mass is 19.1. The number of halogens is 1. The molecule has 0 aliphatic carbocycles. The van der Waals surface area contributed by atoms with Crippen molar-refractivity contribution in [2.24, 2.45) is 0 Å². The maximum atomic E-state index is 13.8. The first-order valence-corrected chi connectivity index (χ1v) is 14.5. The minimum atomic E-state index is -0.847. The summed E-state index contributed by atoms with van der Waals surface area (Å²) in [5.41, 5.74) is 4.90. The van der Waals surface area contributed by atoms with E-state index >= 15 is 0 Å². The lowest BCUT2D eigenvalue weighted by Crippen LogP contribution is -2.56. The predicted octanol–water partition coefficient (Wildman–Crippen LogP) is 4.50. The standard InChI is InChI=1S/C33H39FN6O3/c1-22(28-19-35-29-10-5-4-9-27(28)29)31(32(42)36-26-8-6-7-23(17-26)20-38(2)3)37-33(43)40-15-13-39(14-16-40)30-12-11-25(34)18-24(30)21-41/h4-12,17-19,22,31,35,41H,13-16,20-21H2,1-3H3,(H,36,42)(H,37,43)/t22-,31+/m0/s1. The zero-order valence-corrected chi connectivity index (χ0v) is 24.8. The Bertz CT molecular complexity index is 1580. The van der Waals surface area contributed by atoms with Gasteiger partial charge in [-0.05, 0) is 61.6 Å². The van der Waals surface area contributed by atoms with E-state index < -0.39 is 11.9 Å². The Morgan fingerprint density at radius 1 is 1.02 bits per heavy atom. The Balaban J connectivity index is 1.33. The van der Waals surface area contributed by atoms with Crippen molar-refractivity contribution >= 4 is 34.2 Å². The van der Waals surface area contributed by atoms with Crippen molar-refractivity contribution in [3.63, 3.8) is 0 Å². The van der Waals surface area contributed by atoms with Gasteiger partial charge in [0.2, 0.25) is 5.91 Å². The van der Waals surface area contributed by atoms with Crippen LogP contribution in [-0.2, 0) is 17.9 Å². The molecule has 5 rings (SSSR count). The first-order chi connectivity index (χ1) is 20.7. The summed E-state index contributed by atoms with van der Waals surface area (Å²) in [6.07, 6.45) is 1.90. The van der Waals surface area contributed by atoms with Crippen LogP contribution in [0.4, 0.5) is 20.6 Å². The normalized spacial score (nSPS) is 15.0. The van der Waals surface area contributed by atoms with Crippen LogP contribution in [0.5, 0.6) is 0 Å². The molecule has 1 aromatic heterocycles. The second kappa shape index (κ2) is 13.3. The lowest BCUT2D eigenvalue weighted by Gasteiger charge is -2.37. The van der Waals surface area contributed by atoms with Crippen molar-refractivity contribution in [2.45, 2.75) is 32.0 Å². The van der Waals surface area contributed by atoms with E-state index in [0.29, 0.717) is 37.4 Å². The monoisotopic (exact) mass is 586 g/mol. The average Bonchev–Trinajstić information content (AvgIpc) is 3.43. The minimum Gasteiger partial charge on any atom is -0.392 e.